The highest BCUT2D eigenvalue weighted by atomic mass is 16.3. The fourth-order valence-electron chi connectivity index (χ4n) is 6.01. The summed E-state index contributed by atoms with van der Waals surface area (Å²) >= 11 is 0. The van der Waals surface area contributed by atoms with Crippen molar-refractivity contribution in [3.63, 3.8) is 0 Å². The lowest BCUT2D eigenvalue weighted by atomic mass is 9.49. The molecule has 2 heteroatoms. The summed E-state index contributed by atoms with van der Waals surface area (Å²) in [7, 11) is 0. The van der Waals surface area contributed by atoms with Gasteiger partial charge < -0.3 is 5.11 Å². The molecule has 0 unspecified atom stereocenters. The zero-order valence-corrected chi connectivity index (χ0v) is 13.1. The minimum atomic E-state index is -0.303. The molecule has 0 aromatic rings. The highest BCUT2D eigenvalue weighted by molar-refractivity contribution is 5.87. The predicted octanol–water partition coefficient (Wildman–Crippen LogP) is 3.66. The van der Waals surface area contributed by atoms with E-state index in [1.165, 1.54) is 5.57 Å². The Kier molecular flexibility index (Phi) is 2.83. The fraction of sp³-hybridized carbons (Fsp3) is 0.737. The lowest BCUT2D eigenvalue weighted by molar-refractivity contribution is -0.131. The summed E-state index contributed by atoms with van der Waals surface area (Å²) < 4.78 is 0. The van der Waals surface area contributed by atoms with Crippen LogP contribution in [0.15, 0.2) is 23.8 Å². The summed E-state index contributed by atoms with van der Waals surface area (Å²) in [6.07, 6.45) is 12.4. The number of allylic oxidation sites excluding steroid dienone is 2. The highest BCUT2D eigenvalue weighted by Gasteiger charge is 2.57. The number of rotatable bonds is 0. The van der Waals surface area contributed by atoms with Gasteiger partial charge in [-0.15, -0.1) is 0 Å². The first-order valence-corrected chi connectivity index (χ1v) is 8.55. The van der Waals surface area contributed by atoms with Crippen molar-refractivity contribution in [3.05, 3.63) is 23.8 Å². The first-order chi connectivity index (χ1) is 9.95. The first-order valence-electron chi connectivity index (χ1n) is 8.55. The molecule has 21 heavy (non-hydrogen) atoms. The lowest BCUT2D eigenvalue weighted by Gasteiger charge is -2.55. The normalized spacial score (nSPS) is 52.0. The van der Waals surface area contributed by atoms with Crippen molar-refractivity contribution in [3.8, 4) is 0 Å². The van der Waals surface area contributed by atoms with Crippen LogP contribution in [0.25, 0.3) is 0 Å². The first kappa shape index (κ1) is 13.8. The minimum absolute atomic E-state index is 0.0409. The van der Waals surface area contributed by atoms with Crippen LogP contribution >= 0.6 is 0 Å². The number of hydrogen-bond acceptors (Lipinski definition) is 2. The van der Waals surface area contributed by atoms with Gasteiger partial charge in [-0.2, -0.15) is 0 Å². The van der Waals surface area contributed by atoms with E-state index in [1.54, 1.807) is 0 Å². The van der Waals surface area contributed by atoms with Gasteiger partial charge in [0.05, 0.1) is 6.10 Å². The van der Waals surface area contributed by atoms with Crippen LogP contribution in [-0.2, 0) is 4.79 Å². The van der Waals surface area contributed by atoms with Gasteiger partial charge in [-0.1, -0.05) is 37.6 Å². The summed E-state index contributed by atoms with van der Waals surface area (Å²) in [5, 5.41) is 9.91. The van der Waals surface area contributed by atoms with Gasteiger partial charge in [0, 0.05) is 17.3 Å². The zero-order chi connectivity index (χ0) is 14.8. The van der Waals surface area contributed by atoms with Gasteiger partial charge in [-0.25, -0.2) is 0 Å². The third kappa shape index (κ3) is 1.72. The maximum Gasteiger partial charge on any atom is 0.139 e. The van der Waals surface area contributed by atoms with E-state index < -0.39 is 0 Å². The molecule has 6 atom stereocenters. The van der Waals surface area contributed by atoms with Crippen LogP contribution < -0.4 is 0 Å². The molecule has 2 saturated carbocycles. The second kappa shape index (κ2) is 4.32. The van der Waals surface area contributed by atoms with E-state index in [2.05, 4.69) is 26.0 Å². The number of ketones is 1. The van der Waals surface area contributed by atoms with Crippen molar-refractivity contribution >= 4 is 5.78 Å². The highest BCUT2D eigenvalue weighted by Crippen LogP contribution is 2.62. The Morgan fingerprint density at radius 1 is 1.24 bits per heavy atom. The monoisotopic (exact) mass is 286 g/mol. The van der Waals surface area contributed by atoms with Crippen LogP contribution in [0.1, 0.15) is 52.4 Å². The Labute approximate surface area is 127 Å². The maximum absolute atomic E-state index is 12.3. The molecule has 4 aliphatic carbocycles. The topological polar surface area (TPSA) is 37.3 Å². The molecule has 2 nitrogen and oxygen atoms in total. The standard InChI is InChI=1S/C19H26O2/c1-18-9-7-13(20)11-12(18)3-4-14-15-5-6-17(21)19(15,2)10-8-16(14)18/h3,7,9,13-16,20H,4-6,8,10-11H2,1-2H3/t13-,14-,15-,16-,18-,19-/m0/s1. The number of Topliss-reactive ketones (excluding diaryl/α,β-unsaturated/α-hetero) is 1. The summed E-state index contributed by atoms with van der Waals surface area (Å²) in [5.41, 5.74) is 1.52. The van der Waals surface area contributed by atoms with Gasteiger partial charge in [0.15, 0.2) is 0 Å². The van der Waals surface area contributed by atoms with Gasteiger partial charge >= 0.3 is 0 Å². The van der Waals surface area contributed by atoms with Crippen LogP contribution in [-0.4, -0.2) is 17.0 Å². The van der Waals surface area contributed by atoms with Gasteiger partial charge in [0.2, 0.25) is 0 Å². The van der Waals surface area contributed by atoms with Gasteiger partial charge in [-0.3, -0.25) is 4.79 Å². The maximum atomic E-state index is 12.3. The molecule has 0 saturated heterocycles. The minimum Gasteiger partial charge on any atom is -0.389 e. The Balaban J connectivity index is 1.72. The van der Waals surface area contributed by atoms with Crippen molar-refractivity contribution in [1.82, 2.24) is 0 Å². The number of carbonyl (C=O) groups is 1. The van der Waals surface area contributed by atoms with E-state index in [9.17, 15) is 9.90 Å². The molecular weight excluding hydrogens is 260 g/mol. The number of aliphatic hydroxyl groups is 1. The Morgan fingerprint density at radius 3 is 2.86 bits per heavy atom. The van der Waals surface area contributed by atoms with Crippen LogP contribution in [0.2, 0.25) is 0 Å². The lowest BCUT2D eigenvalue weighted by Crippen LogP contribution is -2.49. The van der Waals surface area contributed by atoms with E-state index in [1.807, 2.05) is 6.08 Å². The predicted molar refractivity (Wildman–Crippen MR) is 82.6 cm³/mol. The molecule has 4 rings (SSSR count). The average molecular weight is 286 g/mol. The number of aliphatic hydroxyl groups excluding tert-OH is 1. The molecule has 0 spiro atoms. The van der Waals surface area contributed by atoms with Crippen LogP contribution in [0, 0.1) is 28.6 Å². The Bertz CT molecular complexity index is 546. The molecule has 0 bridgehead atoms. The summed E-state index contributed by atoms with van der Waals surface area (Å²) in [5.74, 6) is 2.41. The summed E-state index contributed by atoms with van der Waals surface area (Å²) in [6, 6.07) is 0. The Morgan fingerprint density at radius 2 is 2.05 bits per heavy atom. The summed E-state index contributed by atoms with van der Waals surface area (Å²) in [6.45, 7) is 4.59. The molecule has 2 fully saturated rings. The third-order valence-corrected chi connectivity index (χ3v) is 7.34. The van der Waals surface area contributed by atoms with E-state index in [-0.39, 0.29) is 16.9 Å². The fourth-order valence-corrected chi connectivity index (χ4v) is 6.01. The third-order valence-electron chi connectivity index (χ3n) is 7.34. The second-order valence-electron chi connectivity index (χ2n) is 8.17. The van der Waals surface area contributed by atoms with Crippen molar-refractivity contribution in [1.29, 1.82) is 0 Å². The van der Waals surface area contributed by atoms with E-state index in [4.69, 9.17) is 0 Å². The van der Waals surface area contributed by atoms with Crippen molar-refractivity contribution < 1.29 is 9.90 Å². The van der Waals surface area contributed by atoms with Crippen LogP contribution in [0.5, 0.6) is 0 Å². The summed E-state index contributed by atoms with van der Waals surface area (Å²) in [4.78, 5) is 12.3. The molecule has 1 N–H and O–H groups in total. The molecular formula is C19H26O2. The molecule has 0 aliphatic heterocycles. The average Bonchev–Trinajstić information content (AvgIpc) is 2.76. The molecule has 4 aliphatic rings. The number of fused-ring (bicyclic) bond motifs is 5. The molecule has 0 radical (unpaired) electrons. The van der Waals surface area contributed by atoms with Crippen molar-refractivity contribution in [2.45, 2.75) is 58.5 Å². The van der Waals surface area contributed by atoms with E-state index >= 15 is 0 Å². The largest absolute Gasteiger partial charge is 0.389 e. The molecule has 0 amide bonds. The smallest absolute Gasteiger partial charge is 0.139 e. The zero-order valence-electron chi connectivity index (χ0n) is 13.1. The Hall–Kier alpha value is -0.890. The molecule has 0 aromatic heterocycles. The number of hydrogen-bond donors (Lipinski definition) is 1. The number of carbonyl (C=O) groups excluding carboxylic acids is 1. The second-order valence-corrected chi connectivity index (χ2v) is 8.17. The SMILES string of the molecule is C[C@]12C=C[C@H](O)CC1=CC[C@@H]1[C@@H]2CC[C@]2(C)C(=O)CC[C@@H]12. The van der Waals surface area contributed by atoms with E-state index in [0.29, 0.717) is 23.5 Å². The molecule has 0 heterocycles. The van der Waals surface area contributed by atoms with Crippen molar-refractivity contribution in [2.24, 2.45) is 28.6 Å². The van der Waals surface area contributed by atoms with E-state index in [0.717, 1.165) is 38.5 Å². The molecule has 114 valence electrons. The van der Waals surface area contributed by atoms with Crippen LogP contribution in [0.4, 0.5) is 0 Å². The molecule has 0 aromatic carbocycles. The van der Waals surface area contributed by atoms with Gasteiger partial charge in [0.1, 0.15) is 5.78 Å². The van der Waals surface area contributed by atoms with Gasteiger partial charge in [-0.05, 0) is 49.9 Å². The van der Waals surface area contributed by atoms with Crippen molar-refractivity contribution in [2.75, 3.05) is 0 Å². The van der Waals surface area contributed by atoms with Gasteiger partial charge in [0.25, 0.3) is 0 Å². The van der Waals surface area contributed by atoms with Crippen LogP contribution in [0.3, 0.4) is 0 Å². The quantitative estimate of drug-likeness (QED) is 0.690.